The number of pyridine rings is 1. The van der Waals surface area contributed by atoms with Crippen molar-refractivity contribution < 1.29 is 4.39 Å². The number of benzene rings is 1. The molecule has 0 N–H and O–H groups in total. The van der Waals surface area contributed by atoms with Crippen LogP contribution in [0.25, 0.3) is 17.0 Å². The zero-order valence-corrected chi connectivity index (χ0v) is 11.1. The van der Waals surface area contributed by atoms with E-state index in [4.69, 9.17) is 5.26 Å². The van der Waals surface area contributed by atoms with Gasteiger partial charge in [-0.25, -0.2) is 13.9 Å². The van der Waals surface area contributed by atoms with Crippen LogP contribution < -0.4 is 0 Å². The molecule has 2 heterocycles. The summed E-state index contributed by atoms with van der Waals surface area (Å²) in [6, 6.07) is 9.87. The van der Waals surface area contributed by atoms with Gasteiger partial charge in [-0.2, -0.15) is 5.26 Å². The molecule has 0 radical (unpaired) electrons. The second kappa shape index (κ2) is 4.44. The molecular formula is C13H6BrFN4. The second-order valence-electron chi connectivity index (χ2n) is 3.90. The molecule has 0 unspecified atom stereocenters. The van der Waals surface area contributed by atoms with Crippen LogP contribution in [0.1, 0.15) is 5.56 Å². The summed E-state index contributed by atoms with van der Waals surface area (Å²) in [5.41, 5.74) is 1.44. The Balaban J connectivity index is 2.24. The van der Waals surface area contributed by atoms with Gasteiger partial charge in [0.2, 0.25) is 0 Å². The molecule has 0 saturated heterocycles. The van der Waals surface area contributed by atoms with Gasteiger partial charge in [0.05, 0.1) is 5.56 Å². The number of halogens is 2. The lowest BCUT2D eigenvalue weighted by Crippen LogP contribution is -1.88. The summed E-state index contributed by atoms with van der Waals surface area (Å²) in [6.45, 7) is 0. The minimum Gasteiger partial charge on any atom is -0.219 e. The van der Waals surface area contributed by atoms with Gasteiger partial charge in [-0.3, -0.25) is 0 Å². The van der Waals surface area contributed by atoms with Crippen molar-refractivity contribution in [3.05, 3.63) is 52.4 Å². The molecule has 0 saturated carbocycles. The summed E-state index contributed by atoms with van der Waals surface area (Å²) < 4.78 is 15.5. The Morgan fingerprint density at radius 3 is 2.89 bits per heavy atom. The van der Waals surface area contributed by atoms with Gasteiger partial charge in [0.25, 0.3) is 0 Å². The second-order valence-corrected chi connectivity index (χ2v) is 4.81. The third kappa shape index (κ3) is 2.09. The first-order valence-corrected chi connectivity index (χ1v) is 6.18. The van der Waals surface area contributed by atoms with Crippen LogP contribution in [0, 0.1) is 17.1 Å². The van der Waals surface area contributed by atoms with Crippen LogP contribution >= 0.6 is 15.9 Å². The van der Waals surface area contributed by atoms with Crippen molar-refractivity contribution in [2.75, 3.05) is 0 Å². The number of hydrogen-bond donors (Lipinski definition) is 0. The minimum absolute atomic E-state index is 0.372. The fourth-order valence-corrected chi connectivity index (χ4v) is 2.26. The molecule has 0 bridgehead atoms. The molecule has 0 fully saturated rings. The number of rotatable bonds is 1. The summed E-state index contributed by atoms with van der Waals surface area (Å²) in [4.78, 5) is 4.28. The first-order chi connectivity index (χ1) is 9.17. The quantitative estimate of drug-likeness (QED) is 0.693. The standard InChI is InChI=1S/C13H6BrFN4/c14-10-4-9(5-11(15)6-10)12-17-13-8(7-16)2-1-3-19(13)18-12/h1-6H. The van der Waals surface area contributed by atoms with E-state index in [1.165, 1.54) is 16.6 Å². The summed E-state index contributed by atoms with van der Waals surface area (Å²) in [7, 11) is 0. The van der Waals surface area contributed by atoms with Crippen molar-refractivity contribution in [1.29, 1.82) is 5.26 Å². The molecule has 0 atom stereocenters. The summed E-state index contributed by atoms with van der Waals surface area (Å²) in [6.07, 6.45) is 1.70. The zero-order chi connectivity index (χ0) is 13.4. The van der Waals surface area contributed by atoms with Gasteiger partial charge in [-0.15, -0.1) is 5.10 Å². The number of nitrogens with zero attached hydrogens (tertiary/aromatic N) is 4. The lowest BCUT2D eigenvalue weighted by Gasteiger charge is -1.96. The molecule has 0 spiro atoms. The topological polar surface area (TPSA) is 54.0 Å². The maximum Gasteiger partial charge on any atom is 0.182 e. The van der Waals surface area contributed by atoms with E-state index in [-0.39, 0.29) is 5.82 Å². The first-order valence-electron chi connectivity index (χ1n) is 5.39. The van der Waals surface area contributed by atoms with Gasteiger partial charge in [0, 0.05) is 16.2 Å². The van der Waals surface area contributed by atoms with E-state index in [2.05, 4.69) is 32.1 Å². The van der Waals surface area contributed by atoms with Gasteiger partial charge in [-0.05, 0) is 30.3 Å². The number of fused-ring (bicyclic) bond motifs is 1. The predicted octanol–water partition coefficient (Wildman–Crippen LogP) is 3.17. The van der Waals surface area contributed by atoms with Gasteiger partial charge >= 0.3 is 0 Å². The number of nitriles is 1. The average Bonchev–Trinajstić information content (AvgIpc) is 2.81. The molecule has 6 heteroatoms. The maximum absolute atomic E-state index is 13.4. The summed E-state index contributed by atoms with van der Waals surface area (Å²) in [5, 5.41) is 13.2. The fourth-order valence-electron chi connectivity index (χ4n) is 1.80. The Morgan fingerprint density at radius 1 is 1.32 bits per heavy atom. The molecule has 3 aromatic rings. The highest BCUT2D eigenvalue weighted by Gasteiger charge is 2.10. The Bertz CT molecular complexity index is 799. The monoisotopic (exact) mass is 316 g/mol. The lowest BCUT2D eigenvalue weighted by atomic mass is 10.2. The van der Waals surface area contributed by atoms with Crippen LogP contribution in [0.5, 0.6) is 0 Å². The van der Waals surface area contributed by atoms with E-state index in [0.29, 0.717) is 27.1 Å². The van der Waals surface area contributed by atoms with Crippen LogP contribution in [-0.2, 0) is 0 Å². The van der Waals surface area contributed by atoms with Gasteiger partial charge in [0.15, 0.2) is 11.5 Å². The Kier molecular flexibility index (Phi) is 2.76. The molecule has 0 amide bonds. The van der Waals surface area contributed by atoms with E-state index >= 15 is 0 Å². The van der Waals surface area contributed by atoms with Gasteiger partial charge in [0.1, 0.15) is 11.9 Å². The van der Waals surface area contributed by atoms with Gasteiger partial charge in [-0.1, -0.05) is 15.9 Å². The molecule has 1 aromatic carbocycles. The third-order valence-corrected chi connectivity index (χ3v) is 3.06. The van der Waals surface area contributed by atoms with Gasteiger partial charge < -0.3 is 0 Å². The van der Waals surface area contributed by atoms with E-state index in [1.54, 1.807) is 24.4 Å². The molecule has 0 aliphatic rings. The Hall–Kier alpha value is -2.26. The van der Waals surface area contributed by atoms with Crippen molar-refractivity contribution in [1.82, 2.24) is 14.6 Å². The van der Waals surface area contributed by atoms with Crippen molar-refractivity contribution in [3.8, 4) is 17.5 Å². The number of aromatic nitrogens is 3. The largest absolute Gasteiger partial charge is 0.219 e. The smallest absolute Gasteiger partial charge is 0.182 e. The van der Waals surface area contributed by atoms with Crippen molar-refractivity contribution >= 4 is 21.6 Å². The lowest BCUT2D eigenvalue weighted by molar-refractivity contribution is 0.627. The Labute approximate surface area is 116 Å². The molecular weight excluding hydrogens is 311 g/mol. The van der Waals surface area contributed by atoms with Crippen molar-refractivity contribution in [2.45, 2.75) is 0 Å². The summed E-state index contributed by atoms with van der Waals surface area (Å²) >= 11 is 3.23. The van der Waals surface area contributed by atoms with E-state index in [0.717, 1.165) is 0 Å². The fraction of sp³-hybridized carbons (Fsp3) is 0. The minimum atomic E-state index is -0.372. The molecule has 3 rings (SSSR count). The zero-order valence-electron chi connectivity index (χ0n) is 9.51. The molecule has 0 aliphatic heterocycles. The van der Waals surface area contributed by atoms with Crippen LogP contribution in [0.2, 0.25) is 0 Å². The Morgan fingerprint density at radius 2 is 2.16 bits per heavy atom. The van der Waals surface area contributed by atoms with Crippen LogP contribution in [0.3, 0.4) is 0 Å². The highest BCUT2D eigenvalue weighted by atomic mass is 79.9. The maximum atomic E-state index is 13.4. The summed E-state index contributed by atoms with van der Waals surface area (Å²) in [5.74, 6) is 0.00615. The predicted molar refractivity (Wildman–Crippen MR) is 70.8 cm³/mol. The van der Waals surface area contributed by atoms with Crippen molar-refractivity contribution in [2.24, 2.45) is 0 Å². The first kappa shape index (κ1) is 11.8. The normalized spacial score (nSPS) is 10.6. The van der Waals surface area contributed by atoms with E-state index in [1.807, 2.05) is 0 Å². The average molecular weight is 317 g/mol. The van der Waals surface area contributed by atoms with E-state index in [9.17, 15) is 4.39 Å². The highest BCUT2D eigenvalue weighted by Crippen LogP contribution is 2.23. The molecule has 4 nitrogen and oxygen atoms in total. The highest BCUT2D eigenvalue weighted by molar-refractivity contribution is 9.10. The van der Waals surface area contributed by atoms with Crippen LogP contribution in [0.4, 0.5) is 4.39 Å². The van der Waals surface area contributed by atoms with Crippen LogP contribution in [-0.4, -0.2) is 14.6 Å². The third-order valence-electron chi connectivity index (χ3n) is 2.60. The molecule has 2 aromatic heterocycles. The van der Waals surface area contributed by atoms with Crippen molar-refractivity contribution in [3.63, 3.8) is 0 Å². The molecule has 0 aliphatic carbocycles. The molecule has 92 valence electrons. The SMILES string of the molecule is N#Cc1cccn2nc(-c3cc(F)cc(Br)c3)nc12. The number of hydrogen-bond acceptors (Lipinski definition) is 3. The van der Waals surface area contributed by atoms with E-state index < -0.39 is 0 Å². The van der Waals surface area contributed by atoms with Crippen LogP contribution in [0.15, 0.2) is 41.0 Å². The molecule has 19 heavy (non-hydrogen) atoms.